The fourth-order valence-electron chi connectivity index (χ4n) is 3.25. The molecule has 1 aliphatic rings. The molecule has 0 radical (unpaired) electrons. The highest BCUT2D eigenvalue weighted by atomic mass is 32.2. The molecule has 0 bridgehead atoms. The van der Waals surface area contributed by atoms with Crippen LogP contribution in [-0.4, -0.2) is 36.0 Å². The largest absolute Gasteiger partial charge is 0.452 e. The molecule has 3 rings (SSSR count). The molecule has 5 nitrogen and oxygen atoms in total. The number of carbonyl (C=O) groups is 2. The molecular weight excluding hydrogens is 372 g/mol. The summed E-state index contributed by atoms with van der Waals surface area (Å²) < 4.78 is 5.32. The molecule has 1 amide bonds. The lowest BCUT2D eigenvalue weighted by molar-refractivity contribution is -0.137. The van der Waals surface area contributed by atoms with Crippen LogP contribution in [0.1, 0.15) is 42.1 Å². The van der Waals surface area contributed by atoms with E-state index in [-0.39, 0.29) is 18.6 Å². The molecule has 144 valence electrons. The SMILES string of the molecule is C[C@H]1CCCCN1C(=O)COC(=O)c1ccccc1Sc1ccccc1C#N. The summed E-state index contributed by atoms with van der Waals surface area (Å²) in [4.78, 5) is 28.3. The number of rotatable bonds is 5. The Morgan fingerprint density at radius 3 is 2.61 bits per heavy atom. The first-order chi connectivity index (χ1) is 13.6. The minimum Gasteiger partial charge on any atom is -0.452 e. The number of nitrogens with zero attached hydrogens (tertiary/aromatic N) is 2. The molecule has 1 aliphatic heterocycles. The molecule has 0 unspecified atom stereocenters. The van der Waals surface area contributed by atoms with Gasteiger partial charge in [-0.05, 0) is 50.5 Å². The van der Waals surface area contributed by atoms with Crippen LogP contribution in [0.5, 0.6) is 0 Å². The Labute approximate surface area is 169 Å². The van der Waals surface area contributed by atoms with Crippen molar-refractivity contribution in [1.29, 1.82) is 5.26 Å². The van der Waals surface area contributed by atoms with Crippen LogP contribution in [0.3, 0.4) is 0 Å². The summed E-state index contributed by atoms with van der Waals surface area (Å²) in [5.74, 6) is -0.684. The topological polar surface area (TPSA) is 70.4 Å². The number of piperidine rings is 1. The number of hydrogen-bond acceptors (Lipinski definition) is 5. The van der Waals surface area contributed by atoms with E-state index in [2.05, 4.69) is 6.07 Å². The molecule has 2 aromatic carbocycles. The highest BCUT2D eigenvalue weighted by molar-refractivity contribution is 7.99. The maximum absolute atomic E-state index is 12.6. The van der Waals surface area contributed by atoms with E-state index in [9.17, 15) is 14.9 Å². The number of nitriles is 1. The molecule has 0 aromatic heterocycles. The van der Waals surface area contributed by atoms with Crippen LogP contribution in [0.4, 0.5) is 0 Å². The molecule has 0 saturated carbocycles. The van der Waals surface area contributed by atoms with Gasteiger partial charge in [-0.1, -0.05) is 36.0 Å². The minimum atomic E-state index is -0.532. The maximum atomic E-state index is 12.6. The van der Waals surface area contributed by atoms with Gasteiger partial charge >= 0.3 is 5.97 Å². The molecule has 1 saturated heterocycles. The summed E-state index contributed by atoms with van der Waals surface area (Å²) in [5, 5.41) is 9.27. The van der Waals surface area contributed by atoms with Crippen molar-refractivity contribution in [2.75, 3.05) is 13.2 Å². The molecule has 0 N–H and O–H groups in total. The number of likely N-dealkylation sites (tertiary alicyclic amines) is 1. The Balaban J connectivity index is 1.69. The van der Waals surface area contributed by atoms with Gasteiger partial charge in [-0.15, -0.1) is 0 Å². The Bertz CT molecular complexity index is 907. The number of carbonyl (C=O) groups excluding carboxylic acids is 2. The fourth-order valence-corrected chi connectivity index (χ4v) is 4.26. The van der Waals surface area contributed by atoms with Gasteiger partial charge in [-0.2, -0.15) is 5.26 Å². The summed E-state index contributed by atoms with van der Waals surface area (Å²) >= 11 is 1.34. The number of esters is 1. The van der Waals surface area contributed by atoms with Crippen LogP contribution < -0.4 is 0 Å². The summed E-state index contributed by atoms with van der Waals surface area (Å²) in [5.41, 5.74) is 0.935. The van der Waals surface area contributed by atoms with Gasteiger partial charge in [-0.3, -0.25) is 4.79 Å². The van der Waals surface area contributed by atoms with E-state index in [1.54, 1.807) is 29.2 Å². The van der Waals surface area contributed by atoms with E-state index < -0.39 is 5.97 Å². The first kappa shape index (κ1) is 20.0. The quantitative estimate of drug-likeness (QED) is 0.709. The zero-order valence-corrected chi connectivity index (χ0v) is 16.6. The van der Waals surface area contributed by atoms with Crippen molar-refractivity contribution in [2.45, 2.75) is 42.0 Å². The van der Waals surface area contributed by atoms with Crippen molar-refractivity contribution in [2.24, 2.45) is 0 Å². The van der Waals surface area contributed by atoms with Crippen LogP contribution in [-0.2, 0) is 9.53 Å². The van der Waals surface area contributed by atoms with Crippen LogP contribution in [0.2, 0.25) is 0 Å². The highest BCUT2D eigenvalue weighted by Gasteiger charge is 2.24. The number of hydrogen-bond donors (Lipinski definition) is 0. The molecule has 0 spiro atoms. The second-order valence-electron chi connectivity index (χ2n) is 6.71. The third kappa shape index (κ3) is 4.73. The Morgan fingerprint density at radius 2 is 1.86 bits per heavy atom. The molecule has 6 heteroatoms. The van der Waals surface area contributed by atoms with Crippen LogP contribution >= 0.6 is 11.8 Å². The van der Waals surface area contributed by atoms with E-state index in [0.29, 0.717) is 16.0 Å². The summed E-state index contributed by atoms with van der Waals surface area (Å²) in [7, 11) is 0. The smallest absolute Gasteiger partial charge is 0.339 e. The van der Waals surface area contributed by atoms with Gasteiger partial charge in [-0.25, -0.2) is 4.79 Å². The predicted molar refractivity (Wildman–Crippen MR) is 107 cm³/mol. The van der Waals surface area contributed by atoms with Gasteiger partial charge in [0.1, 0.15) is 6.07 Å². The van der Waals surface area contributed by atoms with Gasteiger partial charge in [0.15, 0.2) is 6.61 Å². The van der Waals surface area contributed by atoms with Gasteiger partial charge in [0, 0.05) is 22.4 Å². The molecule has 1 fully saturated rings. The highest BCUT2D eigenvalue weighted by Crippen LogP contribution is 2.32. The first-order valence-electron chi connectivity index (χ1n) is 9.32. The average Bonchev–Trinajstić information content (AvgIpc) is 2.73. The monoisotopic (exact) mass is 394 g/mol. The van der Waals surface area contributed by atoms with Crippen LogP contribution in [0.15, 0.2) is 58.3 Å². The molecule has 1 heterocycles. The number of benzene rings is 2. The molecular formula is C22H22N2O3S. The van der Waals surface area contributed by atoms with Crippen molar-refractivity contribution in [3.63, 3.8) is 0 Å². The van der Waals surface area contributed by atoms with Crippen LogP contribution in [0.25, 0.3) is 0 Å². The number of amides is 1. The Hall–Kier alpha value is -2.78. The second kappa shape index (κ2) is 9.43. The maximum Gasteiger partial charge on any atom is 0.339 e. The van der Waals surface area contributed by atoms with E-state index in [4.69, 9.17) is 4.74 Å². The lowest BCUT2D eigenvalue weighted by Crippen LogP contribution is -2.44. The first-order valence-corrected chi connectivity index (χ1v) is 10.1. The predicted octanol–water partition coefficient (Wildman–Crippen LogP) is 4.27. The van der Waals surface area contributed by atoms with E-state index >= 15 is 0 Å². The Kier molecular flexibility index (Phi) is 6.72. The summed E-state index contributed by atoms with van der Waals surface area (Å²) in [6, 6.07) is 16.6. The van der Waals surface area contributed by atoms with Gasteiger partial charge < -0.3 is 9.64 Å². The van der Waals surface area contributed by atoms with E-state index in [0.717, 1.165) is 30.7 Å². The third-order valence-corrected chi connectivity index (χ3v) is 5.94. The standard InChI is InChI=1S/C22H22N2O3S/c1-16-8-6-7-13-24(16)21(25)15-27-22(26)18-10-3-5-12-20(18)28-19-11-4-2-9-17(19)14-23/h2-5,9-12,16H,6-8,13,15H2,1H3/t16-/m0/s1. The summed E-state index contributed by atoms with van der Waals surface area (Å²) in [6.07, 6.45) is 3.10. The normalized spacial score (nSPS) is 16.3. The Morgan fingerprint density at radius 1 is 1.14 bits per heavy atom. The zero-order valence-electron chi connectivity index (χ0n) is 15.8. The molecule has 1 atom stereocenters. The van der Waals surface area contributed by atoms with Gasteiger partial charge in [0.25, 0.3) is 5.91 Å². The average molecular weight is 394 g/mol. The van der Waals surface area contributed by atoms with E-state index in [1.165, 1.54) is 11.8 Å². The van der Waals surface area contributed by atoms with Crippen molar-refractivity contribution in [3.8, 4) is 6.07 Å². The summed E-state index contributed by atoms with van der Waals surface area (Å²) in [6.45, 7) is 2.49. The lowest BCUT2D eigenvalue weighted by atomic mass is 10.0. The second-order valence-corrected chi connectivity index (χ2v) is 7.80. The molecule has 0 aliphatic carbocycles. The minimum absolute atomic E-state index is 0.152. The molecule has 28 heavy (non-hydrogen) atoms. The molecule has 2 aromatic rings. The third-order valence-electron chi connectivity index (χ3n) is 4.78. The number of ether oxygens (including phenoxy) is 1. The van der Waals surface area contributed by atoms with Crippen LogP contribution in [0, 0.1) is 11.3 Å². The van der Waals surface area contributed by atoms with E-state index in [1.807, 2.05) is 31.2 Å². The van der Waals surface area contributed by atoms with Crippen molar-refractivity contribution < 1.29 is 14.3 Å². The van der Waals surface area contributed by atoms with Crippen molar-refractivity contribution >= 4 is 23.6 Å². The van der Waals surface area contributed by atoms with Crippen molar-refractivity contribution in [3.05, 3.63) is 59.7 Å². The van der Waals surface area contributed by atoms with Gasteiger partial charge in [0.2, 0.25) is 0 Å². The van der Waals surface area contributed by atoms with Crippen molar-refractivity contribution in [1.82, 2.24) is 4.90 Å². The lowest BCUT2D eigenvalue weighted by Gasteiger charge is -2.33. The fraction of sp³-hybridized carbons (Fsp3) is 0.318. The van der Waals surface area contributed by atoms with Gasteiger partial charge in [0.05, 0.1) is 11.1 Å². The zero-order chi connectivity index (χ0) is 19.9.